The van der Waals surface area contributed by atoms with E-state index in [1.165, 1.54) is 22.3 Å². The van der Waals surface area contributed by atoms with E-state index >= 15 is 0 Å². The highest BCUT2D eigenvalue weighted by molar-refractivity contribution is 5.84. The molecule has 2 aromatic carbocycles. The number of benzene rings is 2. The predicted molar refractivity (Wildman–Crippen MR) is 85.6 cm³/mol. The Morgan fingerprint density at radius 2 is 1.76 bits per heavy atom. The van der Waals surface area contributed by atoms with E-state index in [1.807, 2.05) is 0 Å². The zero-order valence-corrected chi connectivity index (χ0v) is 12.2. The Morgan fingerprint density at radius 3 is 2.48 bits per heavy atom. The molecule has 3 heteroatoms. The van der Waals surface area contributed by atoms with Crippen LogP contribution in [0.3, 0.4) is 0 Å². The Morgan fingerprint density at radius 1 is 1.05 bits per heavy atom. The minimum Gasteiger partial charge on any atom is -0.369 e. The molecule has 3 nitrogen and oxygen atoms in total. The highest BCUT2D eigenvalue weighted by Crippen LogP contribution is 2.31. The van der Waals surface area contributed by atoms with Crippen LogP contribution in [-0.4, -0.2) is 16.9 Å². The topological polar surface area (TPSA) is 41.6 Å². The number of guanidine groups is 1. The molecule has 0 amide bonds. The maximum Gasteiger partial charge on any atom is 0.197 e. The van der Waals surface area contributed by atoms with Crippen molar-refractivity contribution >= 4 is 11.6 Å². The molecule has 0 unspecified atom stereocenters. The van der Waals surface area contributed by atoms with Crippen molar-refractivity contribution in [1.82, 2.24) is 4.90 Å². The van der Waals surface area contributed by atoms with Crippen LogP contribution in [0, 0.1) is 6.92 Å². The van der Waals surface area contributed by atoms with E-state index in [-0.39, 0.29) is 0 Å². The Labute approximate surface area is 125 Å². The molecule has 1 aliphatic heterocycles. The molecular weight excluding hydrogens is 258 g/mol. The van der Waals surface area contributed by atoms with Gasteiger partial charge < -0.3 is 10.6 Å². The van der Waals surface area contributed by atoms with E-state index in [4.69, 9.17) is 5.73 Å². The van der Waals surface area contributed by atoms with Gasteiger partial charge in [-0.05, 0) is 48.1 Å². The number of fused-ring (bicyclic) bond motifs is 2. The molecule has 2 aromatic rings. The Kier molecular flexibility index (Phi) is 2.74. The van der Waals surface area contributed by atoms with Gasteiger partial charge in [0.25, 0.3) is 0 Å². The number of aliphatic imine (C=N–C) groups is 1. The maximum absolute atomic E-state index is 6.23. The van der Waals surface area contributed by atoms with Gasteiger partial charge in [0.05, 0.1) is 5.69 Å². The molecule has 0 spiro atoms. The van der Waals surface area contributed by atoms with E-state index in [1.54, 1.807) is 0 Å². The fourth-order valence-corrected chi connectivity index (χ4v) is 3.44. The number of nitrogens with zero attached hydrogens (tertiary/aromatic N) is 2. The highest BCUT2D eigenvalue weighted by Gasteiger charge is 2.30. The van der Waals surface area contributed by atoms with Gasteiger partial charge in [-0.1, -0.05) is 36.4 Å². The number of hydrogen-bond acceptors (Lipinski definition) is 3. The first-order valence-electron chi connectivity index (χ1n) is 7.48. The monoisotopic (exact) mass is 277 g/mol. The third kappa shape index (κ3) is 2.09. The third-order valence-electron chi connectivity index (χ3n) is 4.58. The summed E-state index contributed by atoms with van der Waals surface area (Å²) >= 11 is 0. The lowest BCUT2D eigenvalue weighted by Gasteiger charge is -2.33. The van der Waals surface area contributed by atoms with Crippen molar-refractivity contribution in [3.63, 3.8) is 0 Å². The fraction of sp³-hybridized carbons (Fsp3) is 0.278. The van der Waals surface area contributed by atoms with Crippen LogP contribution < -0.4 is 5.73 Å². The molecule has 1 heterocycles. The molecule has 0 atom stereocenters. The fourth-order valence-electron chi connectivity index (χ4n) is 3.44. The van der Waals surface area contributed by atoms with Crippen molar-refractivity contribution in [1.29, 1.82) is 0 Å². The van der Waals surface area contributed by atoms with E-state index in [9.17, 15) is 0 Å². The van der Waals surface area contributed by atoms with Crippen LogP contribution in [-0.2, 0) is 19.4 Å². The van der Waals surface area contributed by atoms with Gasteiger partial charge in [0.2, 0.25) is 0 Å². The average molecular weight is 277 g/mol. The second-order valence-corrected chi connectivity index (χ2v) is 6.06. The van der Waals surface area contributed by atoms with Crippen molar-refractivity contribution in [3.05, 3.63) is 64.7 Å². The van der Waals surface area contributed by atoms with Crippen LogP contribution in [0.1, 0.15) is 22.3 Å². The summed E-state index contributed by atoms with van der Waals surface area (Å²) < 4.78 is 0. The SMILES string of the molecule is Cc1ccc2c(c1)N=C(N)N(C1Cc3ccccc3C1)C2. The number of rotatable bonds is 1. The summed E-state index contributed by atoms with van der Waals surface area (Å²) in [5.74, 6) is 0.658. The molecule has 4 rings (SSSR count). The second kappa shape index (κ2) is 4.62. The van der Waals surface area contributed by atoms with Crippen molar-refractivity contribution in [3.8, 4) is 0 Å². The lowest BCUT2D eigenvalue weighted by atomic mass is 10.1. The quantitative estimate of drug-likeness (QED) is 0.870. The van der Waals surface area contributed by atoms with Gasteiger partial charge in [-0.25, -0.2) is 4.99 Å². The Bertz CT molecular complexity index is 708. The van der Waals surface area contributed by atoms with Gasteiger partial charge in [-0.15, -0.1) is 0 Å². The first-order chi connectivity index (χ1) is 10.2. The van der Waals surface area contributed by atoms with E-state index in [2.05, 4.69) is 59.3 Å². The molecule has 0 aromatic heterocycles. The molecule has 0 saturated heterocycles. The molecule has 0 fully saturated rings. The molecule has 2 aliphatic rings. The van der Waals surface area contributed by atoms with Crippen molar-refractivity contribution in [2.24, 2.45) is 10.7 Å². The molecule has 0 saturated carbocycles. The van der Waals surface area contributed by atoms with Gasteiger partial charge in [0, 0.05) is 12.6 Å². The summed E-state index contributed by atoms with van der Waals surface area (Å²) in [5, 5.41) is 0. The molecule has 21 heavy (non-hydrogen) atoms. The lowest BCUT2D eigenvalue weighted by Crippen LogP contribution is -2.46. The molecule has 0 radical (unpaired) electrons. The number of nitrogens with two attached hydrogens (primary N) is 1. The molecule has 1 aliphatic carbocycles. The zero-order valence-electron chi connectivity index (χ0n) is 12.2. The van der Waals surface area contributed by atoms with Gasteiger partial charge in [0.1, 0.15) is 0 Å². The van der Waals surface area contributed by atoms with E-state index in [0.29, 0.717) is 12.0 Å². The number of hydrogen-bond donors (Lipinski definition) is 1. The van der Waals surface area contributed by atoms with Crippen LogP contribution in [0.25, 0.3) is 0 Å². The van der Waals surface area contributed by atoms with Gasteiger partial charge in [-0.3, -0.25) is 0 Å². The van der Waals surface area contributed by atoms with E-state index < -0.39 is 0 Å². The first-order valence-corrected chi connectivity index (χ1v) is 7.48. The number of aryl methyl sites for hydroxylation is 1. The van der Waals surface area contributed by atoms with Crippen LogP contribution in [0.5, 0.6) is 0 Å². The third-order valence-corrected chi connectivity index (χ3v) is 4.58. The largest absolute Gasteiger partial charge is 0.369 e. The Balaban J connectivity index is 1.63. The van der Waals surface area contributed by atoms with Crippen LogP contribution in [0.4, 0.5) is 5.69 Å². The second-order valence-electron chi connectivity index (χ2n) is 6.06. The predicted octanol–water partition coefficient (Wildman–Crippen LogP) is 2.92. The summed E-state index contributed by atoms with van der Waals surface area (Å²) in [4.78, 5) is 6.88. The molecular formula is C18H19N3. The van der Waals surface area contributed by atoms with Crippen LogP contribution >= 0.6 is 0 Å². The normalized spacial score (nSPS) is 17.4. The van der Waals surface area contributed by atoms with Crippen molar-refractivity contribution < 1.29 is 0 Å². The summed E-state index contributed by atoms with van der Waals surface area (Å²) in [5.41, 5.74) is 12.7. The average Bonchev–Trinajstić information content (AvgIpc) is 2.90. The van der Waals surface area contributed by atoms with Gasteiger partial charge in [0.15, 0.2) is 5.96 Å². The summed E-state index contributed by atoms with van der Waals surface area (Å²) in [6, 6.07) is 15.6. The zero-order chi connectivity index (χ0) is 14.4. The first kappa shape index (κ1) is 12.5. The van der Waals surface area contributed by atoms with Crippen LogP contribution in [0.15, 0.2) is 47.5 Å². The molecule has 2 N–H and O–H groups in total. The standard InChI is InChI=1S/C18H19N3/c1-12-6-7-15-11-21(18(19)20-17(15)8-12)16-9-13-4-2-3-5-14(13)10-16/h2-8,16H,9-11H2,1H3,(H2,19,20). The van der Waals surface area contributed by atoms with Gasteiger partial charge >= 0.3 is 0 Å². The van der Waals surface area contributed by atoms with Crippen LogP contribution in [0.2, 0.25) is 0 Å². The lowest BCUT2D eigenvalue weighted by molar-refractivity contribution is 0.305. The summed E-state index contributed by atoms with van der Waals surface area (Å²) in [6.45, 7) is 2.95. The Hall–Kier alpha value is -2.29. The van der Waals surface area contributed by atoms with Crippen molar-refractivity contribution in [2.75, 3.05) is 0 Å². The van der Waals surface area contributed by atoms with E-state index in [0.717, 1.165) is 25.1 Å². The van der Waals surface area contributed by atoms with Gasteiger partial charge in [-0.2, -0.15) is 0 Å². The molecule has 106 valence electrons. The maximum atomic E-state index is 6.23. The van der Waals surface area contributed by atoms with Crippen molar-refractivity contribution in [2.45, 2.75) is 32.4 Å². The minimum atomic E-state index is 0.431. The summed E-state index contributed by atoms with van der Waals surface area (Å²) in [6.07, 6.45) is 2.13. The smallest absolute Gasteiger partial charge is 0.197 e. The highest BCUT2D eigenvalue weighted by atomic mass is 15.3. The molecule has 0 bridgehead atoms. The summed E-state index contributed by atoms with van der Waals surface area (Å²) in [7, 11) is 0. The minimum absolute atomic E-state index is 0.431.